The molecule has 0 unspecified atom stereocenters. The maximum atomic E-state index is 12.4. The third-order valence-corrected chi connectivity index (χ3v) is 5.00. The van der Waals surface area contributed by atoms with E-state index in [2.05, 4.69) is 9.88 Å². The molecule has 3 aromatic rings. The number of ketones is 1. The number of amides is 1. The number of carbonyl (C=O) groups excluding carboxylic acids is 2. The Kier molecular flexibility index (Phi) is 6.50. The zero-order valence-corrected chi connectivity index (χ0v) is 17.1. The second-order valence-corrected chi connectivity index (χ2v) is 6.98. The minimum absolute atomic E-state index is 0.0286. The molecule has 0 bridgehead atoms. The fraction of sp³-hybridized carbons (Fsp3) is 0.250. The average Bonchev–Trinajstić information content (AvgIpc) is 3.08. The van der Waals surface area contributed by atoms with Crippen molar-refractivity contribution >= 4 is 11.7 Å². The maximum Gasteiger partial charge on any atom is 0.222 e. The van der Waals surface area contributed by atoms with Crippen LogP contribution in [0.15, 0.2) is 60.7 Å². The van der Waals surface area contributed by atoms with Crippen LogP contribution < -0.4 is 10.1 Å². The number of hydrogen-bond donors (Lipinski definition) is 1. The third-order valence-electron chi connectivity index (χ3n) is 5.00. The fourth-order valence-corrected chi connectivity index (χ4v) is 3.42. The smallest absolute Gasteiger partial charge is 0.222 e. The molecule has 0 aliphatic heterocycles. The zero-order valence-electron chi connectivity index (χ0n) is 17.1. The predicted octanol–water partition coefficient (Wildman–Crippen LogP) is 4.38. The summed E-state index contributed by atoms with van der Waals surface area (Å²) in [6.07, 6.45) is 0.330. The molecule has 29 heavy (non-hydrogen) atoms. The highest BCUT2D eigenvalue weighted by Gasteiger charge is 2.16. The van der Waals surface area contributed by atoms with Crippen LogP contribution in [0.5, 0.6) is 5.75 Å². The van der Waals surface area contributed by atoms with E-state index < -0.39 is 0 Å². The Balaban J connectivity index is 1.70. The Morgan fingerprint density at radius 3 is 2.48 bits per heavy atom. The summed E-state index contributed by atoms with van der Waals surface area (Å²) in [5.74, 6) is 0.759. The molecule has 0 saturated heterocycles. The van der Waals surface area contributed by atoms with Gasteiger partial charge in [-0.15, -0.1) is 0 Å². The molecule has 1 amide bonds. The Morgan fingerprint density at radius 2 is 1.79 bits per heavy atom. The van der Waals surface area contributed by atoms with E-state index in [9.17, 15) is 9.59 Å². The van der Waals surface area contributed by atoms with Gasteiger partial charge in [0.05, 0.1) is 7.11 Å². The van der Waals surface area contributed by atoms with Gasteiger partial charge in [0.15, 0.2) is 5.78 Å². The van der Waals surface area contributed by atoms with Gasteiger partial charge in [0.1, 0.15) is 5.75 Å². The number of nitrogens with zero attached hydrogens (tertiary/aromatic N) is 1. The van der Waals surface area contributed by atoms with Crippen LogP contribution in [-0.4, -0.2) is 23.4 Å². The van der Waals surface area contributed by atoms with Gasteiger partial charge in [-0.25, -0.2) is 0 Å². The minimum atomic E-state index is -0.0377. The first-order valence-corrected chi connectivity index (χ1v) is 9.65. The van der Waals surface area contributed by atoms with Crippen molar-refractivity contribution in [2.75, 3.05) is 7.11 Å². The molecule has 0 aliphatic carbocycles. The van der Waals surface area contributed by atoms with E-state index in [-0.39, 0.29) is 11.7 Å². The van der Waals surface area contributed by atoms with Gasteiger partial charge in [-0.1, -0.05) is 42.5 Å². The van der Waals surface area contributed by atoms with E-state index >= 15 is 0 Å². The minimum Gasteiger partial charge on any atom is -0.497 e. The summed E-state index contributed by atoms with van der Waals surface area (Å²) in [6, 6.07) is 19.5. The molecule has 0 fully saturated rings. The van der Waals surface area contributed by atoms with Crippen LogP contribution in [0.3, 0.4) is 0 Å². The molecule has 5 heteroatoms. The Labute approximate surface area is 171 Å². The summed E-state index contributed by atoms with van der Waals surface area (Å²) in [5.41, 5.74) is 4.55. The van der Waals surface area contributed by atoms with Crippen molar-refractivity contribution in [1.29, 1.82) is 0 Å². The van der Waals surface area contributed by atoms with Crippen LogP contribution in [0.25, 0.3) is 11.3 Å². The van der Waals surface area contributed by atoms with E-state index in [1.165, 1.54) is 0 Å². The van der Waals surface area contributed by atoms with Crippen molar-refractivity contribution in [2.45, 2.75) is 33.4 Å². The number of benzene rings is 2. The van der Waals surface area contributed by atoms with E-state index in [1.54, 1.807) is 14.0 Å². The van der Waals surface area contributed by atoms with Crippen LogP contribution in [0.4, 0.5) is 0 Å². The monoisotopic (exact) mass is 390 g/mol. The number of Topliss-reactive ketones (excluding diaryl/α,β-unsaturated/α-hetero) is 1. The number of rotatable bonds is 8. The van der Waals surface area contributed by atoms with Crippen molar-refractivity contribution in [1.82, 2.24) is 9.88 Å². The molecule has 150 valence electrons. The third kappa shape index (κ3) is 4.93. The van der Waals surface area contributed by atoms with E-state index in [4.69, 9.17) is 4.74 Å². The zero-order chi connectivity index (χ0) is 20.8. The number of methoxy groups -OCH3 is 1. The number of nitrogens with one attached hydrogen (secondary N) is 1. The number of carbonyl (C=O) groups is 2. The standard InChI is InChI=1S/C24H26N2O3/c1-17-22(18(2)27)15-23(20-9-5-4-6-10-20)26(17)13-12-24(28)25-16-19-8-7-11-21(14-19)29-3/h4-11,14-15H,12-13,16H2,1-3H3,(H,25,28). The molecule has 0 atom stereocenters. The molecule has 0 aliphatic rings. The molecule has 0 saturated carbocycles. The lowest BCUT2D eigenvalue weighted by Crippen LogP contribution is -2.24. The Morgan fingerprint density at radius 1 is 1.03 bits per heavy atom. The highest BCUT2D eigenvalue weighted by atomic mass is 16.5. The quantitative estimate of drug-likeness (QED) is 0.581. The first-order chi connectivity index (χ1) is 14.0. The molecule has 1 aromatic heterocycles. The van der Waals surface area contributed by atoms with Crippen molar-refractivity contribution < 1.29 is 14.3 Å². The van der Waals surface area contributed by atoms with Crippen LogP contribution in [0.2, 0.25) is 0 Å². The summed E-state index contributed by atoms with van der Waals surface area (Å²) in [5, 5.41) is 2.95. The van der Waals surface area contributed by atoms with Gasteiger partial charge in [0.2, 0.25) is 5.91 Å². The molecule has 0 spiro atoms. The van der Waals surface area contributed by atoms with Crippen molar-refractivity contribution in [3.8, 4) is 17.0 Å². The lowest BCUT2D eigenvalue weighted by molar-refractivity contribution is -0.121. The average molecular weight is 390 g/mol. The summed E-state index contributed by atoms with van der Waals surface area (Å²) in [6.45, 7) is 4.46. The first-order valence-electron chi connectivity index (χ1n) is 9.65. The molecule has 1 heterocycles. The van der Waals surface area contributed by atoms with E-state index in [0.29, 0.717) is 25.1 Å². The molecular formula is C24H26N2O3. The van der Waals surface area contributed by atoms with Gasteiger partial charge < -0.3 is 14.6 Å². The molecule has 1 N–H and O–H groups in total. The van der Waals surface area contributed by atoms with Crippen LogP contribution in [-0.2, 0) is 17.9 Å². The molecule has 3 rings (SSSR count). The largest absolute Gasteiger partial charge is 0.497 e. The van der Waals surface area contributed by atoms with Crippen LogP contribution in [0.1, 0.15) is 35.0 Å². The van der Waals surface area contributed by atoms with Gasteiger partial charge in [-0.2, -0.15) is 0 Å². The first kappa shape index (κ1) is 20.4. The number of ether oxygens (including phenoxy) is 1. The van der Waals surface area contributed by atoms with Crippen LogP contribution >= 0.6 is 0 Å². The van der Waals surface area contributed by atoms with E-state index in [0.717, 1.165) is 28.3 Å². The highest BCUT2D eigenvalue weighted by molar-refractivity contribution is 5.96. The second kappa shape index (κ2) is 9.24. The fourth-order valence-electron chi connectivity index (χ4n) is 3.42. The Bertz CT molecular complexity index is 1010. The van der Waals surface area contributed by atoms with Gasteiger partial charge in [-0.05, 0) is 43.2 Å². The van der Waals surface area contributed by atoms with Gasteiger partial charge in [0.25, 0.3) is 0 Å². The predicted molar refractivity (Wildman–Crippen MR) is 114 cm³/mol. The van der Waals surface area contributed by atoms with Gasteiger partial charge >= 0.3 is 0 Å². The SMILES string of the molecule is COc1cccc(CNC(=O)CCn2c(-c3ccccc3)cc(C(C)=O)c2C)c1. The second-order valence-electron chi connectivity index (χ2n) is 6.98. The Hall–Kier alpha value is -3.34. The van der Waals surface area contributed by atoms with Crippen LogP contribution in [0, 0.1) is 6.92 Å². The molecule has 0 radical (unpaired) electrons. The molecule has 2 aromatic carbocycles. The summed E-state index contributed by atoms with van der Waals surface area (Å²) >= 11 is 0. The lowest BCUT2D eigenvalue weighted by Gasteiger charge is -2.12. The maximum absolute atomic E-state index is 12.4. The van der Waals surface area contributed by atoms with Crippen molar-refractivity contribution in [3.63, 3.8) is 0 Å². The number of aromatic nitrogens is 1. The molecular weight excluding hydrogens is 364 g/mol. The summed E-state index contributed by atoms with van der Waals surface area (Å²) in [7, 11) is 1.62. The van der Waals surface area contributed by atoms with Gasteiger partial charge in [0, 0.05) is 36.5 Å². The van der Waals surface area contributed by atoms with Crippen molar-refractivity contribution in [2.24, 2.45) is 0 Å². The van der Waals surface area contributed by atoms with Crippen molar-refractivity contribution in [3.05, 3.63) is 77.5 Å². The van der Waals surface area contributed by atoms with E-state index in [1.807, 2.05) is 67.6 Å². The number of hydrogen-bond acceptors (Lipinski definition) is 3. The summed E-state index contributed by atoms with van der Waals surface area (Å²) in [4.78, 5) is 24.4. The summed E-state index contributed by atoms with van der Waals surface area (Å²) < 4.78 is 7.27. The molecule has 5 nitrogen and oxygen atoms in total. The topological polar surface area (TPSA) is 60.3 Å². The normalized spacial score (nSPS) is 10.6. The highest BCUT2D eigenvalue weighted by Crippen LogP contribution is 2.26. The lowest BCUT2D eigenvalue weighted by atomic mass is 10.1. The van der Waals surface area contributed by atoms with Gasteiger partial charge in [-0.3, -0.25) is 9.59 Å².